The van der Waals surface area contributed by atoms with Crippen LogP contribution in [0.25, 0.3) is 11.0 Å². The summed E-state index contributed by atoms with van der Waals surface area (Å²) in [5.41, 5.74) is 3.51. The lowest BCUT2D eigenvalue weighted by atomic mass is 9.97. The highest BCUT2D eigenvalue weighted by Gasteiger charge is 2.21. The number of benzene rings is 1. The van der Waals surface area contributed by atoms with Gasteiger partial charge in [-0.05, 0) is 43.0 Å². The number of nitrogens with one attached hydrogen (secondary N) is 1. The molecular formula is C20H25N7O2. The number of aliphatic hydroxyl groups excluding tert-OH is 1. The van der Waals surface area contributed by atoms with Gasteiger partial charge in [-0.3, -0.25) is 4.79 Å². The van der Waals surface area contributed by atoms with Crippen LogP contribution in [0.5, 0.6) is 0 Å². The van der Waals surface area contributed by atoms with Crippen molar-refractivity contribution in [3.05, 3.63) is 41.7 Å². The summed E-state index contributed by atoms with van der Waals surface area (Å²) in [4.78, 5) is 22.2. The van der Waals surface area contributed by atoms with Crippen LogP contribution in [0, 0.1) is 5.92 Å². The maximum absolute atomic E-state index is 11.5. The molecule has 3 heterocycles. The summed E-state index contributed by atoms with van der Waals surface area (Å²) in [6, 6.07) is 6.26. The van der Waals surface area contributed by atoms with Crippen molar-refractivity contribution in [2.75, 3.05) is 31.1 Å². The summed E-state index contributed by atoms with van der Waals surface area (Å²) >= 11 is 0. The van der Waals surface area contributed by atoms with Gasteiger partial charge in [-0.1, -0.05) is 11.3 Å². The van der Waals surface area contributed by atoms with Gasteiger partial charge >= 0.3 is 0 Å². The number of ketones is 1. The number of aliphatic hydroxyl groups is 1. The Morgan fingerprint density at radius 3 is 2.72 bits per heavy atom. The van der Waals surface area contributed by atoms with E-state index in [2.05, 4.69) is 48.7 Å². The number of nitrogens with zero attached hydrogens (tertiary/aromatic N) is 6. The number of aromatic nitrogens is 5. The van der Waals surface area contributed by atoms with E-state index in [0.29, 0.717) is 17.4 Å². The van der Waals surface area contributed by atoms with Crippen molar-refractivity contribution in [1.29, 1.82) is 0 Å². The monoisotopic (exact) mass is 395 g/mol. The Kier molecular flexibility index (Phi) is 5.77. The van der Waals surface area contributed by atoms with Crippen molar-refractivity contribution in [2.45, 2.75) is 19.4 Å². The topological polar surface area (TPSA) is 109 Å². The Balaban J connectivity index is 1.23. The highest BCUT2D eigenvalue weighted by atomic mass is 16.3. The van der Waals surface area contributed by atoms with E-state index >= 15 is 0 Å². The zero-order valence-corrected chi connectivity index (χ0v) is 16.5. The molecule has 1 aliphatic rings. The summed E-state index contributed by atoms with van der Waals surface area (Å²) in [6.07, 6.45) is 5.11. The largest absolute Gasteiger partial charge is 0.388 e. The first kappa shape index (κ1) is 19.4. The Bertz CT molecular complexity index is 978. The van der Waals surface area contributed by atoms with E-state index in [-0.39, 0.29) is 5.78 Å². The zero-order chi connectivity index (χ0) is 20.2. The van der Waals surface area contributed by atoms with E-state index in [1.807, 2.05) is 7.05 Å². The number of carbonyl (C=O) groups excluding carboxylic acids is 1. The van der Waals surface area contributed by atoms with Crippen molar-refractivity contribution < 1.29 is 9.90 Å². The molecule has 0 radical (unpaired) electrons. The fourth-order valence-electron chi connectivity index (χ4n) is 3.67. The van der Waals surface area contributed by atoms with Crippen molar-refractivity contribution in [3.8, 4) is 0 Å². The van der Waals surface area contributed by atoms with Gasteiger partial charge in [0, 0.05) is 39.1 Å². The normalized spacial score (nSPS) is 15.2. The average Bonchev–Trinajstić information content (AvgIpc) is 3.14. The smallest absolute Gasteiger partial charge is 0.225 e. The van der Waals surface area contributed by atoms with E-state index in [1.165, 1.54) is 18.0 Å². The summed E-state index contributed by atoms with van der Waals surface area (Å²) in [5, 5.41) is 20.7. The molecule has 0 amide bonds. The molecule has 0 spiro atoms. The third-order valence-electron chi connectivity index (χ3n) is 5.44. The number of anilines is 1. The van der Waals surface area contributed by atoms with Crippen LogP contribution >= 0.6 is 0 Å². The quantitative estimate of drug-likeness (QED) is 0.569. The van der Waals surface area contributed by atoms with Gasteiger partial charge in [0.1, 0.15) is 12.1 Å². The average molecular weight is 395 g/mol. The highest BCUT2D eigenvalue weighted by molar-refractivity contribution is 5.96. The minimum Gasteiger partial charge on any atom is -0.388 e. The van der Waals surface area contributed by atoms with E-state index < -0.39 is 6.61 Å². The maximum atomic E-state index is 11.5. The lowest BCUT2D eigenvalue weighted by molar-refractivity contribution is 0.0903. The van der Waals surface area contributed by atoms with Crippen molar-refractivity contribution in [3.63, 3.8) is 0 Å². The molecule has 2 aromatic heterocycles. The van der Waals surface area contributed by atoms with Crippen LogP contribution < -0.4 is 10.2 Å². The number of Topliss-reactive ketones (excluding diaryl/α,β-unsaturated/α-hetero) is 1. The molecule has 1 fully saturated rings. The van der Waals surface area contributed by atoms with Gasteiger partial charge in [0.05, 0.1) is 11.1 Å². The zero-order valence-electron chi connectivity index (χ0n) is 16.5. The molecule has 0 unspecified atom stereocenters. The van der Waals surface area contributed by atoms with Crippen LogP contribution in [0.1, 0.15) is 28.8 Å². The van der Waals surface area contributed by atoms with Gasteiger partial charge in [-0.2, -0.15) is 0 Å². The highest BCUT2D eigenvalue weighted by Crippen LogP contribution is 2.20. The molecule has 3 aromatic rings. The van der Waals surface area contributed by atoms with Gasteiger partial charge in [-0.25, -0.2) is 14.6 Å². The molecule has 9 nitrogen and oxygen atoms in total. The standard InChI is InChI=1S/C20H25N7O2/c1-26-18-3-2-15(8-17(18)24-25-26)10-21-9-14-4-6-27(7-5-14)20-22-11-16(12-23-20)19(29)13-28/h2-3,8,11-12,14,21,28H,4-7,9-10,13H2,1H3. The molecule has 4 rings (SSSR count). The van der Waals surface area contributed by atoms with Crippen molar-refractivity contribution in [1.82, 2.24) is 30.3 Å². The second-order valence-corrected chi connectivity index (χ2v) is 7.45. The molecule has 1 aliphatic heterocycles. The van der Waals surface area contributed by atoms with Crippen LogP contribution in [0.15, 0.2) is 30.6 Å². The van der Waals surface area contributed by atoms with Gasteiger partial charge in [0.2, 0.25) is 5.95 Å². The lowest BCUT2D eigenvalue weighted by Gasteiger charge is -2.32. The minimum atomic E-state index is -0.520. The van der Waals surface area contributed by atoms with Crippen LogP contribution in [-0.4, -0.2) is 62.1 Å². The molecule has 0 aliphatic carbocycles. The van der Waals surface area contributed by atoms with E-state index in [4.69, 9.17) is 5.11 Å². The summed E-state index contributed by atoms with van der Waals surface area (Å²) < 4.78 is 1.78. The Morgan fingerprint density at radius 2 is 2.00 bits per heavy atom. The summed E-state index contributed by atoms with van der Waals surface area (Å²) in [7, 11) is 1.90. The third kappa shape index (κ3) is 4.41. The van der Waals surface area contributed by atoms with Gasteiger partial charge < -0.3 is 15.3 Å². The first-order valence-electron chi connectivity index (χ1n) is 9.84. The molecule has 152 valence electrons. The van der Waals surface area contributed by atoms with Gasteiger partial charge in [0.15, 0.2) is 5.78 Å². The second-order valence-electron chi connectivity index (χ2n) is 7.45. The fourth-order valence-corrected chi connectivity index (χ4v) is 3.67. The summed E-state index contributed by atoms with van der Waals surface area (Å²) in [6.45, 7) is 3.05. The Morgan fingerprint density at radius 1 is 1.24 bits per heavy atom. The predicted molar refractivity (Wildman–Crippen MR) is 109 cm³/mol. The lowest BCUT2D eigenvalue weighted by Crippen LogP contribution is -2.38. The van der Waals surface area contributed by atoms with Crippen LogP contribution in [0.2, 0.25) is 0 Å². The summed E-state index contributed by atoms with van der Waals surface area (Å²) in [5.74, 6) is 0.893. The maximum Gasteiger partial charge on any atom is 0.225 e. The molecule has 29 heavy (non-hydrogen) atoms. The molecule has 0 atom stereocenters. The van der Waals surface area contributed by atoms with Crippen molar-refractivity contribution in [2.24, 2.45) is 13.0 Å². The van der Waals surface area contributed by atoms with Crippen LogP contribution in [0.3, 0.4) is 0 Å². The number of aryl methyl sites for hydroxylation is 1. The SMILES string of the molecule is Cn1nnc2cc(CNCC3CCN(c4ncc(C(=O)CO)cn4)CC3)ccc21. The second kappa shape index (κ2) is 8.62. The number of hydrogen-bond acceptors (Lipinski definition) is 8. The molecule has 2 N–H and O–H groups in total. The number of piperidine rings is 1. The number of fused-ring (bicyclic) bond motifs is 1. The minimum absolute atomic E-state index is 0.343. The molecule has 0 saturated carbocycles. The van der Waals surface area contributed by atoms with E-state index in [1.54, 1.807) is 4.68 Å². The predicted octanol–water partition coefficient (Wildman–Crippen LogP) is 0.940. The Labute approximate surface area is 168 Å². The third-order valence-corrected chi connectivity index (χ3v) is 5.44. The number of rotatable bonds is 7. The molecule has 0 bridgehead atoms. The first-order chi connectivity index (χ1) is 14.1. The van der Waals surface area contributed by atoms with Crippen LogP contribution in [0.4, 0.5) is 5.95 Å². The molecule has 9 heteroatoms. The molecule has 1 saturated heterocycles. The first-order valence-corrected chi connectivity index (χ1v) is 9.84. The van der Waals surface area contributed by atoms with Gasteiger partial charge in [-0.15, -0.1) is 5.10 Å². The number of hydrogen-bond donors (Lipinski definition) is 2. The van der Waals surface area contributed by atoms with E-state index in [0.717, 1.165) is 50.1 Å². The van der Waals surface area contributed by atoms with E-state index in [9.17, 15) is 4.79 Å². The van der Waals surface area contributed by atoms with Gasteiger partial charge in [0.25, 0.3) is 0 Å². The molecule has 1 aromatic carbocycles. The fraction of sp³-hybridized carbons (Fsp3) is 0.450. The van der Waals surface area contributed by atoms with Crippen molar-refractivity contribution >= 4 is 22.8 Å². The number of carbonyl (C=O) groups is 1. The molecular weight excluding hydrogens is 370 g/mol. The Hall–Kier alpha value is -2.91. The van der Waals surface area contributed by atoms with Crippen LogP contribution in [-0.2, 0) is 13.6 Å².